The van der Waals surface area contributed by atoms with Crippen LogP contribution in [0.3, 0.4) is 0 Å². The van der Waals surface area contributed by atoms with Crippen LogP contribution in [0.15, 0.2) is 24.4 Å². The summed E-state index contributed by atoms with van der Waals surface area (Å²) in [5.41, 5.74) is 0. The molecule has 0 aliphatic heterocycles. The molecule has 0 aliphatic rings. The van der Waals surface area contributed by atoms with Gasteiger partial charge in [-0.15, -0.1) is 0 Å². The van der Waals surface area contributed by atoms with Crippen molar-refractivity contribution in [3.8, 4) is 0 Å². The maximum atomic E-state index is 9.18. The normalized spacial score (nSPS) is 7.83. The zero-order valence-electron chi connectivity index (χ0n) is 6.74. The molecule has 0 bridgehead atoms. The van der Waals surface area contributed by atoms with Gasteiger partial charge in [0, 0.05) is 6.20 Å². The number of hydrogen-bond donors (Lipinski definition) is 0. The highest BCUT2D eigenvalue weighted by Gasteiger charge is 1.76. The van der Waals surface area contributed by atoms with Gasteiger partial charge in [-0.3, -0.25) is 4.79 Å². The van der Waals surface area contributed by atoms with Crippen LogP contribution >= 0.6 is 11.6 Å². The molecule has 3 nitrogen and oxygen atoms in total. The number of rotatable bonds is 2. The molecule has 1 aromatic heterocycles. The minimum absolute atomic E-state index is 0.431. The van der Waals surface area contributed by atoms with Gasteiger partial charge in [0.2, 0.25) is 0 Å². The zero-order chi connectivity index (χ0) is 9.23. The van der Waals surface area contributed by atoms with Crippen LogP contribution in [0.25, 0.3) is 0 Å². The van der Waals surface area contributed by atoms with Crippen LogP contribution in [-0.2, 0) is 9.53 Å². The largest absolute Gasteiger partial charge is 0.468 e. The Labute approximate surface area is 76.3 Å². The first-order valence-electron chi connectivity index (χ1n) is 3.43. The molecule has 0 saturated heterocycles. The van der Waals surface area contributed by atoms with Crippen molar-refractivity contribution < 1.29 is 9.53 Å². The molecule has 0 amide bonds. The maximum Gasteiger partial charge on any atom is 0.293 e. The van der Waals surface area contributed by atoms with Gasteiger partial charge in [-0.2, -0.15) is 0 Å². The fourth-order valence-corrected chi connectivity index (χ4v) is 0.539. The minimum atomic E-state index is 0.431. The number of halogens is 1. The van der Waals surface area contributed by atoms with Gasteiger partial charge >= 0.3 is 0 Å². The molecular weight excluding hydrogens is 178 g/mol. The van der Waals surface area contributed by atoms with Gasteiger partial charge in [-0.05, 0) is 19.1 Å². The predicted molar refractivity (Wildman–Crippen MR) is 46.9 cm³/mol. The Bertz CT molecular complexity index is 203. The SMILES string of the molecule is CCOC=O.Clc1ccccn1. The Balaban J connectivity index is 0.000000217. The third-order valence-electron chi connectivity index (χ3n) is 0.864. The van der Waals surface area contributed by atoms with Gasteiger partial charge in [0.05, 0.1) is 6.61 Å². The molecule has 0 aliphatic carbocycles. The summed E-state index contributed by atoms with van der Waals surface area (Å²) in [5.74, 6) is 0. The van der Waals surface area contributed by atoms with E-state index in [4.69, 9.17) is 11.6 Å². The summed E-state index contributed by atoms with van der Waals surface area (Å²) in [5, 5.41) is 0.544. The molecule has 0 aromatic carbocycles. The van der Waals surface area contributed by atoms with Crippen molar-refractivity contribution in [2.45, 2.75) is 6.92 Å². The molecular formula is C8H10ClNO2. The first-order valence-corrected chi connectivity index (χ1v) is 3.80. The minimum Gasteiger partial charge on any atom is -0.468 e. The Morgan fingerprint density at radius 2 is 2.42 bits per heavy atom. The lowest BCUT2D eigenvalue weighted by atomic mass is 10.5. The number of aromatic nitrogens is 1. The smallest absolute Gasteiger partial charge is 0.293 e. The van der Waals surface area contributed by atoms with Crippen molar-refractivity contribution in [3.05, 3.63) is 29.5 Å². The molecule has 0 N–H and O–H groups in total. The monoisotopic (exact) mass is 187 g/mol. The second kappa shape index (κ2) is 8.01. The summed E-state index contributed by atoms with van der Waals surface area (Å²) >= 11 is 5.43. The summed E-state index contributed by atoms with van der Waals surface area (Å²) in [6.45, 7) is 2.66. The highest BCUT2D eigenvalue weighted by atomic mass is 35.5. The van der Waals surface area contributed by atoms with Crippen molar-refractivity contribution >= 4 is 18.1 Å². The van der Waals surface area contributed by atoms with Crippen LogP contribution in [-0.4, -0.2) is 18.1 Å². The summed E-state index contributed by atoms with van der Waals surface area (Å²) in [6, 6.07) is 5.41. The number of carbonyl (C=O) groups is 1. The van der Waals surface area contributed by atoms with Crippen molar-refractivity contribution in [2.75, 3.05) is 6.61 Å². The first-order chi connectivity index (χ1) is 5.81. The highest BCUT2D eigenvalue weighted by Crippen LogP contribution is 1.98. The van der Waals surface area contributed by atoms with E-state index >= 15 is 0 Å². The Morgan fingerprint density at radius 3 is 2.58 bits per heavy atom. The molecule has 0 radical (unpaired) electrons. The van der Waals surface area contributed by atoms with Gasteiger partial charge in [0.25, 0.3) is 6.47 Å². The van der Waals surface area contributed by atoms with Crippen LogP contribution in [0, 0.1) is 0 Å². The third-order valence-corrected chi connectivity index (χ3v) is 1.09. The van der Waals surface area contributed by atoms with E-state index in [0.717, 1.165) is 0 Å². The Hall–Kier alpha value is -1.09. The average molecular weight is 188 g/mol. The molecule has 66 valence electrons. The van der Waals surface area contributed by atoms with Crippen LogP contribution in [0.4, 0.5) is 0 Å². The number of hydrogen-bond acceptors (Lipinski definition) is 3. The third kappa shape index (κ3) is 7.02. The molecule has 1 rings (SSSR count). The first kappa shape index (κ1) is 10.9. The fourth-order valence-electron chi connectivity index (χ4n) is 0.410. The summed E-state index contributed by atoms with van der Waals surface area (Å²) in [6.07, 6.45) is 1.66. The molecule has 0 atom stereocenters. The lowest BCUT2D eigenvalue weighted by Gasteiger charge is -1.79. The molecule has 0 saturated carbocycles. The lowest BCUT2D eigenvalue weighted by Crippen LogP contribution is -1.80. The topological polar surface area (TPSA) is 39.2 Å². The van der Waals surface area contributed by atoms with E-state index in [1.165, 1.54) is 0 Å². The van der Waals surface area contributed by atoms with Gasteiger partial charge in [-0.25, -0.2) is 4.98 Å². The van der Waals surface area contributed by atoms with Crippen molar-refractivity contribution in [3.63, 3.8) is 0 Å². The van der Waals surface area contributed by atoms with Crippen LogP contribution in [0.2, 0.25) is 5.15 Å². The van der Waals surface area contributed by atoms with Gasteiger partial charge in [0.15, 0.2) is 0 Å². The standard InChI is InChI=1S/C5H4ClN.C3H6O2/c6-5-3-1-2-4-7-5;1-2-5-3-4/h1-4H;3H,2H2,1H3. The number of pyridine rings is 1. The average Bonchev–Trinajstić information content (AvgIpc) is 2.08. The van der Waals surface area contributed by atoms with Crippen molar-refractivity contribution in [1.82, 2.24) is 4.98 Å². The molecule has 1 aromatic rings. The molecule has 4 heteroatoms. The second-order valence-electron chi connectivity index (χ2n) is 1.70. The fraction of sp³-hybridized carbons (Fsp3) is 0.250. The van der Waals surface area contributed by atoms with Crippen LogP contribution < -0.4 is 0 Å². The van der Waals surface area contributed by atoms with E-state index in [1.807, 2.05) is 12.1 Å². The summed E-state index contributed by atoms with van der Waals surface area (Å²) < 4.78 is 4.15. The summed E-state index contributed by atoms with van der Waals surface area (Å²) in [7, 11) is 0. The molecule has 0 unspecified atom stereocenters. The highest BCUT2D eigenvalue weighted by molar-refractivity contribution is 6.29. The Kier molecular flexibility index (Phi) is 7.28. The molecule has 0 fully saturated rings. The van der Waals surface area contributed by atoms with Gasteiger partial charge in [-0.1, -0.05) is 17.7 Å². The molecule has 1 heterocycles. The molecule has 12 heavy (non-hydrogen) atoms. The van der Waals surface area contributed by atoms with E-state index < -0.39 is 0 Å². The second-order valence-corrected chi connectivity index (χ2v) is 2.09. The maximum absolute atomic E-state index is 9.18. The van der Waals surface area contributed by atoms with Crippen molar-refractivity contribution in [2.24, 2.45) is 0 Å². The predicted octanol–water partition coefficient (Wildman–Crippen LogP) is 1.91. The van der Waals surface area contributed by atoms with E-state index in [0.29, 0.717) is 18.2 Å². The molecule has 0 spiro atoms. The zero-order valence-corrected chi connectivity index (χ0v) is 7.49. The van der Waals surface area contributed by atoms with E-state index in [2.05, 4.69) is 9.72 Å². The quantitative estimate of drug-likeness (QED) is 0.525. The van der Waals surface area contributed by atoms with E-state index in [9.17, 15) is 4.79 Å². The van der Waals surface area contributed by atoms with Crippen LogP contribution in [0.1, 0.15) is 6.92 Å². The number of nitrogens with zero attached hydrogens (tertiary/aromatic N) is 1. The van der Waals surface area contributed by atoms with Crippen molar-refractivity contribution in [1.29, 1.82) is 0 Å². The van der Waals surface area contributed by atoms with E-state index in [1.54, 1.807) is 19.2 Å². The number of carbonyl (C=O) groups excluding carboxylic acids is 1. The number of ether oxygens (including phenoxy) is 1. The van der Waals surface area contributed by atoms with Gasteiger partial charge < -0.3 is 4.74 Å². The Morgan fingerprint density at radius 1 is 1.67 bits per heavy atom. The van der Waals surface area contributed by atoms with E-state index in [-0.39, 0.29) is 0 Å². The lowest BCUT2D eigenvalue weighted by molar-refractivity contribution is -0.128. The van der Waals surface area contributed by atoms with Gasteiger partial charge in [0.1, 0.15) is 5.15 Å². The van der Waals surface area contributed by atoms with Crippen LogP contribution in [0.5, 0.6) is 0 Å². The summed E-state index contributed by atoms with van der Waals surface area (Å²) in [4.78, 5) is 12.9.